The van der Waals surface area contributed by atoms with Crippen LogP contribution in [0.4, 0.5) is 5.69 Å². The van der Waals surface area contributed by atoms with Gasteiger partial charge in [-0.15, -0.1) is 0 Å². The molecule has 6 rings (SSSR count). The number of ether oxygens (including phenoxy) is 1. The number of anilines is 1. The van der Waals surface area contributed by atoms with Crippen molar-refractivity contribution in [3.05, 3.63) is 47.5 Å². The van der Waals surface area contributed by atoms with Crippen LogP contribution in [-0.4, -0.2) is 98.4 Å². The van der Waals surface area contributed by atoms with Gasteiger partial charge in [0.1, 0.15) is 17.9 Å². The summed E-state index contributed by atoms with van der Waals surface area (Å²) in [5.41, 5.74) is 3.83. The van der Waals surface area contributed by atoms with Crippen molar-refractivity contribution < 1.29 is 34.2 Å². The summed E-state index contributed by atoms with van der Waals surface area (Å²) in [4.78, 5) is 40.5. The highest BCUT2D eigenvalue weighted by molar-refractivity contribution is 5.96. The van der Waals surface area contributed by atoms with Gasteiger partial charge in [-0.05, 0) is 66.7 Å². The number of carbonyl (C=O) groups excluding carboxylic acids is 2. The van der Waals surface area contributed by atoms with Crippen LogP contribution in [0.1, 0.15) is 56.5 Å². The lowest BCUT2D eigenvalue weighted by molar-refractivity contribution is -0.183. The Labute approximate surface area is 278 Å². The SMILES string of the molecule is COc1c(CN2O[C@@H](CO)[C@@H]([C@H](C)O)[C@H]2C(=O)N[C@H]2C[C@H]3C[C@H]([C@@H]2C)C3(C)C)cccc1-c1cc(C(=O)N(C)OC)cc(N(C)C)c1. The maximum atomic E-state index is 14.1. The molecule has 258 valence electrons. The van der Waals surface area contributed by atoms with Gasteiger partial charge in [-0.25, -0.2) is 5.06 Å². The minimum absolute atomic E-state index is 0.0415. The first-order valence-electron chi connectivity index (χ1n) is 16.6. The number of amides is 2. The van der Waals surface area contributed by atoms with Crippen molar-refractivity contribution in [2.45, 2.75) is 71.4 Å². The molecule has 1 aliphatic heterocycles. The number of hydrogen-bond donors (Lipinski definition) is 3. The van der Waals surface area contributed by atoms with Gasteiger partial charge in [-0.1, -0.05) is 39.0 Å². The number of aliphatic hydroxyl groups excluding tert-OH is 2. The van der Waals surface area contributed by atoms with Gasteiger partial charge in [0.15, 0.2) is 0 Å². The number of hydrogen-bond acceptors (Lipinski definition) is 9. The van der Waals surface area contributed by atoms with E-state index in [9.17, 15) is 19.8 Å². The summed E-state index contributed by atoms with van der Waals surface area (Å²) < 4.78 is 5.99. The summed E-state index contributed by atoms with van der Waals surface area (Å²) in [6, 6.07) is 10.5. The van der Waals surface area contributed by atoms with Crippen molar-refractivity contribution in [1.29, 1.82) is 0 Å². The minimum Gasteiger partial charge on any atom is -0.496 e. The first-order valence-corrected chi connectivity index (χ1v) is 16.6. The fourth-order valence-electron chi connectivity index (χ4n) is 8.24. The van der Waals surface area contributed by atoms with Crippen molar-refractivity contribution in [2.24, 2.45) is 29.1 Å². The predicted molar refractivity (Wildman–Crippen MR) is 179 cm³/mol. The second-order valence-corrected chi connectivity index (χ2v) is 14.4. The van der Waals surface area contributed by atoms with E-state index in [2.05, 4.69) is 26.1 Å². The zero-order chi connectivity index (χ0) is 34.4. The lowest BCUT2D eigenvalue weighted by Gasteiger charge is -2.62. The van der Waals surface area contributed by atoms with Crippen LogP contribution in [-0.2, 0) is 21.0 Å². The molecule has 4 aliphatic rings. The van der Waals surface area contributed by atoms with Gasteiger partial charge in [0.2, 0.25) is 5.91 Å². The quantitative estimate of drug-likeness (QED) is 0.312. The lowest BCUT2D eigenvalue weighted by atomic mass is 9.45. The molecular weight excluding hydrogens is 600 g/mol. The second-order valence-electron chi connectivity index (χ2n) is 14.4. The minimum atomic E-state index is -0.896. The van der Waals surface area contributed by atoms with E-state index < -0.39 is 24.2 Å². The molecule has 11 nitrogen and oxygen atoms in total. The van der Waals surface area contributed by atoms with Gasteiger partial charge in [0, 0.05) is 55.5 Å². The number of nitrogens with zero attached hydrogens (tertiary/aromatic N) is 3. The smallest absolute Gasteiger partial charge is 0.277 e. The molecule has 2 aromatic carbocycles. The molecule has 1 heterocycles. The normalized spacial score (nSPS) is 28.7. The van der Waals surface area contributed by atoms with Crippen LogP contribution in [0.2, 0.25) is 0 Å². The summed E-state index contributed by atoms with van der Waals surface area (Å²) in [5, 5.41) is 27.2. The fraction of sp³-hybridized carbons (Fsp3) is 0.611. The molecular formula is C36H52N4O7. The number of fused-ring (bicyclic) bond motifs is 2. The average Bonchev–Trinajstić information content (AvgIpc) is 3.42. The van der Waals surface area contributed by atoms with Crippen LogP contribution in [0.3, 0.4) is 0 Å². The van der Waals surface area contributed by atoms with Gasteiger partial charge in [-0.3, -0.25) is 19.3 Å². The third-order valence-electron chi connectivity index (χ3n) is 11.2. The number of carbonyl (C=O) groups is 2. The van der Waals surface area contributed by atoms with Gasteiger partial charge < -0.3 is 25.2 Å². The molecule has 47 heavy (non-hydrogen) atoms. The Morgan fingerprint density at radius 1 is 1.15 bits per heavy atom. The van der Waals surface area contributed by atoms with Crippen LogP contribution >= 0.6 is 0 Å². The van der Waals surface area contributed by atoms with E-state index in [1.165, 1.54) is 18.6 Å². The Morgan fingerprint density at radius 3 is 2.45 bits per heavy atom. The largest absolute Gasteiger partial charge is 0.496 e. The number of aliphatic hydroxyl groups is 2. The van der Waals surface area contributed by atoms with Crippen molar-refractivity contribution in [1.82, 2.24) is 15.4 Å². The molecule has 2 bridgehead atoms. The molecule has 0 aromatic heterocycles. The molecule has 3 N–H and O–H groups in total. The Bertz CT molecular complexity index is 1460. The Kier molecular flexibility index (Phi) is 10.2. The molecule has 8 atom stereocenters. The number of para-hydroxylation sites is 1. The predicted octanol–water partition coefficient (Wildman–Crippen LogP) is 3.72. The third-order valence-corrected chi connectivity index (χ3v) is 11.2. The molecule has 1 saturated heterocycles. The third kappa shape index (κ3) is 6.48. The Morgan fingerprint density at radius 2 is 1.87 bits per heavy atom. The molecule has 0 unspecified atom stereocenters. The topological polar surface area (TPSA) is 124 Å². The van der Waals surface area contributed by atoms with Crippen LogP contribution in [0.5, 0.6) is 5.75 Å². The maximum Gasteiger partial charge on any atom is 0.277 e. The highest BCUT2D eigenvalue weighted by Crippen LogP contribution is 2.61. The average molecular weight is 653 g/mol. The number of rotatable bonds is 11. The van der Waals surface area contributed by atoms with E-state index in [0.29, 0.717) is 29.1 Å². The van der Waals surface area contributed by atoms with Crippen molar-refractivity contribution >= 4 is 17.5 Å². The Balaban J connectivity index is 1.47. The van der Waals surface area contributed by atoms with Crippen molar-refractivity contribution in [3.8, 4) is 16.9 Å². The van der Waals surface area contributed by atoms with E-state index in [-0.39, 0.29) is 36.4 Å². The molecule has 3 saturated carbocycles. The molecule has 2 aromatic rings. The van der Waals surface area contributed by atoms with E-state index in [1.54, 1.807) is 32.2 Å². The van der Waals surface area contributed by atoms with Gasteiger partial charge >= 0.3 is 0 Å². The van der Waals surface area contributed by atoms with E-state index >= 15 is 0 Å². The van der Waals surface area contributed by atoms with Crippen molar-refractivity contribution in [2.75, 3.05) is 46.9 Å². The van der Waals surface area contributed by atoms with Crippen LogP contribution in [0.15, 0.2) is 36.4 Å². The summed E-state index contributed by atoms with van der Waals surface area (Å²) in [6.45, 7) is 8.36. The standard InChI is InChI=1S/C36H52N4O7/c1-20-28-16-25(36(28,3)4)17-29(20)37-34(43)32-31(21(2)42)30(19-41)47-40(32)18-22-11-10-12-27(33(22)45-8)23-13-24(35(44)39(7)46-9)15-26(14-23)38(5)6/h10-15,20-21,25,28-32,41-42H,16-19H2,1-9H3,(H,37,43)/t20-,21-,25+,28+,29-,30-,31+,32-/m0/s1. The van der Waals surface area contributed by atoms with Gasteiger partial charge in [0.05, 0.1) is 33.5 Å². The highest BCUT2D eigenvalue weighted by Gasteiger charge is 2.57. The number of nitrogens with one attached hydrogen (secondary N) is 1. The van der Waals surface area contributed by atoms with Crippen LogP contribution in [0.25, 0.3) is 11.1 Å². The molecule has 11 heteroatoms. The fourth-order valence-corrected chi connectivity index (χ4v) is 8.24. The first-order chi connectivity index (χ1) is 22.2. The molecule has 4 fully saturated rings. The van der Waals surface area contributed by atoms with E-state index in [0.717, 1.165) is 28.8 Å². The summed E-state index contributed by atoms with van der Waals surface area (Å²) in [7, 11) is 8.41. The zero-order valence-electron chi connectivity index (χ0n) is 29.2. The number of hydroxylamine groups is 4. The summed E-state index contributed by atoms with van der Waals surface area (Å²) in [5.74, 6) is 0.899. The highest BCUT2D eigenvalue weighted by atomic mass is 16.7. The van der Waals surface area contributed by atoms with E-state index in [1.807, 2.05) is 49.3 Å². The van der Waals surface area contributed by atoms with Crippen molar-refractivity contribution in [3.63, 3.8) is 0 Å². The van der Waals surface area contributed by atoms with Crippen LogP contribution < -0.4 is 15.0 Å². The Hall–Kier alpha value is -3.22. The molecule has 0 spiro atoms. The number of methoxy groups -OCH3 is 1. The second kappa shape index (κ2) is 13.7. The molecule has 0 radical (unpaired) electrons. The molecule has 3 aliphatic carbocycles. The van der Waals surface area contributed by atoms with E-state index in [4.69, 9.17) is 14.4 Å². The zero-order valence-corrected chi connectivity index (χ0v) is 29.2. The maximum absolute atomic E-state index is 14.1. The first kappa shape index (κ1) is 35.1. The number of benzene rings is 2. The van der Waals surface area contributed by atoms with Gasteiger partial charge in [-0.2, -0.15) is 5.06 Å². The molecule has 2 amide bonds. The summed E-state index contributed by atoms with van der Waals surface area (Å²) in [6.07, 6.45) is 0.486. The monoisotopic (exact) mass is 652 g/mol. The lowest BCUT2D eigenvalue weighted by Crippen LogP contribution is -2.62. The summed E-state index contributed by atoms with van der Waals surface area (Å²) >= 11 is 0. The van der Waals surface area contributed by atoms with Crippen LogP contribution in [0, 0.1) is 29.1 Å². The van der Waals surface area contributed by atoms with Gasteiger partial charge in [0.25, 0.3) is 5.91 Å².